The number of aromatic nitrogens is 2. The van der Waals surface area contributed by atoms with Crippen LogP contribution >= 0.6 is 15.9 Å². The van der Waals surface area contributed by atoms with E-state index in [1.807, 2.05) is 47.0 Å². The highest BCUT2D eigenvalue weighted by Gasteiger charge is 2.10. The monoisotopic (exact) mass is 272 g/mol. The van der Waals surface area contributed by atoms with Crippen molar-refractivity contribution in [1.29, 1.82) is 0 Å². The fourth-order valence-electron chi connectivity index (χ4n) is 1.75. The molecule has 1 aromatic carbocycles. The molecule has 2 nitrogen and oxygen atoms in total. The third kappa shape index (κ3) is 1.44. The first-order valence-electron chi connectivity index (χ1n) is 5.04. The molecule has 3 heteroatoms. The summed E-state index contributed by atoms with van der Waals surface area (Å²) in [5.74, 6) is 0. The van der Waals surface area contributed by atoms with E-state index in [0.29, 0.717) is 0 Å². The molecule has 0 N–H and O–H groups in total. The Bertz CT molecular complexity index is 629. The van der Waals surface area contributed by atoms with E-state index in [0.717, 1.165) is 21.5 Å². The van der Waals surface area contributed by atoms with Gasteiger partial charge in [-0.1, -0.05) is 36.4 Å². The van der Waals surface area contributed by atoms with Gasteiger partial charge in [0, 0.05) is 11.8 Å². The van der Waals surface area contributed by atoms with Crippen LogP contribution in [0.25, 0.3) is 16.9 Å². The summed E-state index contributed by atoms with van der Waals surface area (Å²) in [7, 11) is 0. The molecular weight excluding hydrogens is 264 g/mol. The molecule has 3 aromatic rings. The van der Waals surface area contributed by atoms with Crippen LogP contribution in [0.3, 0.4) is 0 Å². The molecule has 0 radical (unpaired) electrons. The highest BCUT2D eigenvalue weighted by atomic mass is 79.9. The summed E-state index contributed by atoms with van der Waals surface area (Å²) in [5.41, 5.74) is 3.05. The van der Waals surface area contributed by atoms with Crippen molar-refractivity contribution >= 4 is 21.6 Å². The molecule has 0 saturated carbocycles. The second-order valence-electron chi connectivity index (χ2n) is 3.55. The normalized spacial score (nSPS) is 10.8. The Hall–Kier alpha value is -1.61. The van der Waals surface area contributed by atoms with Crippen LogP contribution in [0, 0.1) is 0 Å². The standard InChI is InChI=1S/C13H9BrN2/c14-13-12(10-6-2-1-3-7-10)15-11-8-4-5-9-16(11)13/h1-9H. The van der Waals surface area contributed by atoms with E-state index in [9.17, 15) is 0 Å². The van der Waals surface area contributed by atoms with Crippen molar-refractivity contribution in [3.63, 3.8) is 0 Å². The number of benzene rings is 1. The van der Waals surface area contributed by atoms with Crippen molar-refractivity contribution in [2.24, 2.45) is 0 Å². The van der Waals surface area contributed by atoms with E-state index in [1.54, 1.807) is 0 Å². The van der Waals surface area contributed by atoms with Crippen LogP contribution in [-0.4, -0.2) is 9.38 Å². The van der Waals surface area contributed by atoms with Crippen molar-refractivity contribution in [2.75, 3.05) is 0 Å². The van der Waals surface area contributed by atoms with Crippen LogP contribution in [0.1, 0.15) is 0 Å². The molecule has 0 fully saturated rings. The molecule has 0 bridgehead atoms. The average Bonchev–Trinajstić information content (AvgIpc) is 2.69. The maximum absolute atomic E-state index is 4.60. The molecular formula is C13H9BrN2. The maximum atomic E-state index is 4.60. The number of pyridine rings is 1. The Labute approximate surface area is 102 Å². The summed E-state index contributed by atoms with van der Waals surface area (Å²) < 4.78 is 3.02. The number of rotatable bonds is 1. The molecule has 0 saturated heterocycles. The summed E-state index contributed by atoms with van der Waals surface area (Å²) in [6, 6.07) is 16.2. The van der Waals surface area contributed by atoms with Gasteiger partial charge in [-0.05, 0) is 28.1 Å². The minimum atomic E-state index is 0.952. The van der Waals surface area contributed by atoms with Crippen LogP contribution in [0.4, 0.5) is 0 Å². The number of halogens is 1. The van der Waals surface area contributed by atoms with Crippen molar-refractivity contribution in [3.8, 4) is 11.3 Å². The molecule has 78 valence electrons. The van der Waals surface area contributed by atoms with E-state index in [4.69, 9.17) is 0 Å². The zero-order valence-electron chi connectivity index (χ0n) is 8.47. The first-order valence-corrected chi connectivity index (χ1v) is 5.83. The Kier molecular flexibility index (Phi) is 2.26. The van der Waals surface area contributed by atoms with Gasteiger partial charge in [-0.25, -0.2) is 4.98 Å². The molecule has 16 heavy (non-hydrogen) atoms. The lowest BCUT2D eigenvalue weighted by Gasteiger charge is -1.96. The van der Waals surface area contributed by atoms with Crippen LogP contribution < -0.4 is 0 Å². The number of imidazole rings is 1. The zero-order valence-corrected chi connectivity index (χ0v) is 10.1. The summed E-state index contributed by atoms with van der Waals surface area (Å²) in [4.78, 5) is 4.60. The first kappa shape index (κ1) is 9.60. The summed E-state index contributed by atoms with van der Waals surface area (Å²) >= 11 is 3.59. The van der Waals surface area contributed by atoms with Gasteiger partial charge in [0.2, 0.25) is 0 Å². The number of hydrogen-bond acceptors (Lipinski definition) is 1. The maximum Gasteiger partial charge on any atom is 0.138 e. The third-order valence-corrected chi connectivity index (χ3v) is 3.28. The quantitative estimate of drug-likeness (QED) is 0.659. The second kappa shape index (κ2) is 3.76. The highest BCUT2D eigenvalue weighted by molar-refractivity contribution is 9.10. The van der Waals surface area contributed by atoms with Crippen molar-refractivity contribution in [3.05, 3.63) is 59.3 Å². The number of nitrogens with zero attached hydrogens (tertiary/aromatic N) is 2. The van der Waals surface area contributed by atoms with Gasteiger partial charge in [-0.3, -0.25) is 4.40 Å². The van der Waals surface area contributed by atoms with Crippen molar-refractivity contribution in [1.82, 2.24) is 9.38 Å². The lowest BCUT2D eigenvalue weighted by molar-refractivity contribution is 1.15. The second-order valence-corrected chi connectivity index (χ2v) is 4.30. The van der Waals surface area contributed by atoms with Crippen LogP contribution in [0.2, 0.25) is 0 Å². The summed E-state index contributed by atoms with van der Waals surface area (Å²) in [5, 5.41) is 0. The zero-order chi connectivity index (χ0) is 11.0. The SMILES string of the molecule is Brc1c(-c2ccccc2)nc2ccccn12. The van der Waals surface area contributed by atoms with Crippen LogP contribution in [0.5, 0.6) is 0 Å². The van der Waals surface area contributed by atoms with Gasteiger partial charge in [0.1, 0.15) is 15.9 Å². The summed E-state index contributed by atoms with van der Waals surface area (Å²) in [6.07, 6.45) is 2.00. The largest absolute Gasteiger partial charge is 0.294 e. The van der Waals surface area contributed by atoms with E-state index in [1.165, 1.54) is 0 Å². The van der Waals surface area contributed by atoms with Crippen molar-refractivity contribution in [2.45, 2.75) is 0 Å². The Morgan fingerprint density at radius 2 is 1.69 bits per heavy atom. The summed E-state index contributed by atoms with van der Waals surface area (Å²) in [6.45, 7) is 0. The predicted octanol–water partition coefficient (Wildman–Crippen LogP) is 3.76. The fraction of sp³-hybridized carbons (Fsp3) is 0. The molecule has 2 heterocycles. The molecule has 3 rings (SSSR count). The van der Waals surface area contributed by atoms with Gasteiger partial charge >= 0.3 is 0 Å². The minimum absolute atomic E-state index is 0.952. The van der Waals surface area contributed by atoms with Crippen LogP contribution in [0.15, 0.2) is 59.3 Å². The molecule has 0 aliphatic rings. The average molecular weight is 273 g/mol. The third-order valence-electron chi connectivity index (χ3n) is 2.52. The molecule has 0 spiro atoms. The Balaban J connectivity index is 2.29. The molecule has 0 atom stereocenters. The van der Waals surface area contributed by atoms with Crippen molar-refractivity contribution < 1.29 is 0 Å². The molecule has 0 aliphatic heterocycles. The first-order chi connectivity index (χ1) is 7.86. The smallest absolute Gasteiger partial charge is 0.138 e. The van der Waals surface area contributed by atoms with Crippen LogP contribution in [-0.2, 0) is 0 Å². The molecule has 0 amide bonds. The fourth-order valence-corrected chi connectivity index (χ4v) is 2.36. The van der Waals surface area contributed by atoms with Gasteiger partial charge < -0.3 is 0 Å². The van der Waals surface area contributed by atoms with Gasteiger partial charge in [0.25, 0.3) is 0 Å². The minimum Gasteiger partial charge on any atom is -0.294 e. The Morgan fingerprint density at radius 1 is 0.938 bits per heavy atom. The van der Waals surface area contributed by atoms with E-state index in [2.05, 4.69) is 33.0 Å². The van der Waals surface area contributed by atoms with Gasteiger partial charge in [0.15, 0.2) is 0 Å². The lowest BCUT2D eigenvalue weighted by Crippen LogP contribution is -1.81. The number of fused-ring (bicyclic) bond motifs is 1. The van der Waals surface area contributed by atoms with Gasteiger partial charge in [0.05, 0.1) is 0 Å². The lowest BCUT2D eigenvalue weighted by atomic mass is 10.2. The Morgan fingerprint density at radius 3 is 2.44 bits per heavy atom. The predicted molar refractivity (Wildman–Crippen MR) is 68.3 cm³/mol. The highest BCUT2D eigenvalue weighted by Crippen LogP contribution is 2.28. The van der Waals surface area contributed by atoms with Gasteiger partial charge in [-0.15, -0.1) is 0 Å². The topological polar surface area (TPSA) is 17.3 Å². The number of hydrogen-bond donors (Lipinski definition) is 0. The molecule has 2 aromatic heterocycles. The molecule has 0 unspecified atom stereocenters. The van der Waals surface area contributed by atoms with E-state index in [-0.39, 0.29) is 0 Å². The van der Waals surface area contributed by atoms with E-state index < -0.39 is 0 Å². The molecule has 0 aliphatic carbocycles. The van der Waals surface area contributed by atoms with E-state index >= 15 is 0 Å². The van der Waals surface area contributed by atoms with Gasteiger partial charge in [-0.2, -0.15) is 0 Å².